The molecule has 2 aromatic rings. The number of aryl methyl sites for hydroxylation is 1. The lowest BCUT2D eigenvalue weighted by atomic mass is 10.2. The highest BCUT2D eigenvalue weighted by Gasteiger charge is 2.38. The van der Waals surface area contributed by atoms with Crippen molar-refractivity contribution < 1.29 is 18.0 Å². The monoisotopic (exact) mass is 317 g/mol. The van der Waals surface area contributed by atoms with Crippen LogP contribution in [0.1, 0.15) is 21.6 Å². The van der Waals surface area contributed by atoms with Crippen molar-refractivity contribution in [1.82, 2.24) is 15.1 Å². The fraction of sp³-hybridized carbons (Fsp3) is 0.231. The number of nitrogens with one attached hydrogen (secondary N) is 1. The summed E-state index contributed by atoms with van der Waals surface area (Å²) in [5.41, 5.74) is -0.970. The first-order valence-corrected chi connectivity index (χ1v) is 6.28. The number of hydrogen-bond acceptors (Lipinski definition) is 2. The molecule has 0 radical (unpaired) electrons. The summed E-state index contributed by atoms with van der Waals surface area (Å²) in [7, 11) is 1.32. The average Bonchev–Trinajstić information content (AvgIpc) is 2.80. The number of amides is 1. The number of hydrogen-bond donors (Lipinski definition) is 1. The van der Waals surface area contributed by atoms with Gasteiger partial charge in [-0.1, -0.05) is 23.7 Å². The second-order valence-electron chi connectivity index (χ2n) is 4.37. The molecule has 21 heavy (non-hydrogen) atoms. The summed E-state index contributed by atoms with van der Waals surface area (Å²) in [6.07, 6.45) is -3.63. The van der Waals surface area contributed by atoms with Crippen LogP contribution in [-0.2, 0) is 19.8 Å². The number of benzene rings is 1. The molecule has 2 rings (SSSR count). The van der Waals surface area contributed by atoms with E-state index in [0.29, 0.717) is 5.02 Å². The molecule has 4 nitrogen and oxygen atoms in total. The Morgan fingerprint density at radius 3 is 2.52 bits per heavy atom. The standard InChI is InChI=1S/C13H11ClF3N3O/c1-20-7-10(11(19-20)13(15,16)17)12(21)18-6-8-2-4-9(14)5-3-8/h2-5,7H,6H2,1H3,(H,18,21). The number of nitrogens with zero attached hydrogens (tertiary/aromatic N) is 2. The molecule has 112 valence electrons. The van der Waals surface area contributed by atoms with E-state index in [2.05, 4.69) is 10.4 Å². The van der Waals surface area contributed by atoms with Crippen LogP contribution in [0.15, 0.2) is 30.5 Å². The second kappa shape index (κ2) is 5.77. The van der Waals surface area contributed by atoms with E-state index in [1.54, 1.807) is 24.3 Å². The van der Waals surface area contributed by atoms with Crippen LogP contribution in [0.4, 0.5) is 13.2 Å². The molecule has 1 aromatic carbocycles. The van der Waals surface area contributed by atoms with Gasteiger partial charge in [0.1, 0.15) is 0 Å². The minimum absolute atomic E-state index is 0.0994. The van der Waals surface area contributed by atoms with Crippen LogP contribution in [0.3, 0.4) is 0 Å². The highest BCUT2D eigenvalue weighted by atomic mass is 35.5. The zero-order chi connectivity index (χ0) is 15.6. The Morgan fingerprint density at radius 2 is 1.95 bits per heavy atom. The van der Waals surface area contributed by atoms with Crippen molar-refractivity contribution in [3.05, 3.63) is 52.3 Å². The van der Waals surface area contributed by atoms with Crippen LogP contribution in [0.25, 0.3) is 0 Å². The molecule has 1 amide bonds. The van der Waals surface area contributed by atoms with E-state index >= 15 is 0 Å². The highest BCUT2D eigenvalue weighted by Crippen LogP contribution is 2.30. The van der Waals surface area contributed by atoms with Crippen LogP contribution < -0.4 is 5.32 Å². The third kappa shape index (κ3) is 3.75. The molecule has 1 aromatic heterocycles. The molecule has 0 atom stereocenters. The Hall–Kier alpha value is -2.02. The van der Waals surface area contributed by atoms with Crippen LogP contribution in [0, 0.1) is 0 Å². The number of alkyl halides is 3. The Labute approximate surface area is 123 Å². The highest BCUT2D eigenvalue weighted by molar-refractivity contribution is 6.30. The quantitative estimate of drug-likeness (QED) is 0.946. The molecule has 0 fully saturated rings. The number of rotatable bonds is 3. The summed E-state index contributed by atoms with van der Waals surface area (Å²) in [4.78, 5) is 11.9. The molecule has 0 saturated heterocycles. The largest absolute Gasteiger partial charge is 0.435 e. The summed E-state index contributed by atoms with van der Waals surface area (Å²) >= 11 is 5.72. The predicted octanol–water partition coefficient (Wildman–Crippen LogP) is 3.02. The minimum Gasteiger partial charge on any atom is -0.348 e. The maximum Gasteiger partial charge on any atom is 0.435 e. The fourth-order valence-electron chi connectivity index (χ4n) is 1.74. The predicted molar refractivity (Wildman–Crippen MR) is 70.8 cm³/mol. The van der Waals surface area contributed by atoms with Gasteiger partial charge in [0.25, 0.3) is 5.91 Å². The Morgan fingerprint density at radius 1 is 1.33 bits per heavy atom. The Kier molecular flexibility index (Phi) is 4.22. The van der Waals surface area contributed by atoms with E-state index in [1.165, 1.54) is 7.05 Å². The molecule has 0 bridgehead atoms. The van der Waals surface area contributed by atoms with E-state index in [-0.39, 0.29) is 6.54 Å². The lowest BCUT2D eigenvalue weighted by molar-refractivity contribution is -0.141. The van der Waals surface area contributed by atoms with Crippen LogP contribution in [0.2, 0.25) is 5.02 Å². The van der Waals surface area contributed by atoms with Crippen molar-refractivity contribution in [3.8, 4) is 0 Å². The van der Waals surface area contributed by atoms with Crippen molar-refractivity contribution in [2.75, 3.05) is 0 Å². The smallest absolute Gasteiger partial charge is 0.348 e. The summed E-state index contributed by atoms with van der Waals surface area (Å²) in [6, 6.07) is 6.62. The first-order chi connectivity index (χ1) is 9.77. The van der Waals surface area contributed by atoms with Gasteiger partial charge in [0, 0.05) is 24.8 Å². The van der Waals surface area contributed by atoms with Gasteiger partial charge < -0.3 is 5.32 Å². The van der Waals surface area contributed by atoms with Crippen molar-refractivity contribution in [2.45, 2.75) is 12.7 Å². The van der Waals surface area contributed by atoms with E-state index < -0.39 is 23.3 Å². The van der Waals surface area contributed by atoms with E-state index in [0.717, 1.165) is 16.4 Å². The van der Waals surface area contributed by atoms with Crippen molar-refractivity contribution >= 4 is 17.5 Å². The van der Waals surface area contributed by atoms with Crippen molar-refractivity contribution in [3.63, 3.8) is 0 Å². The van der Waals surface area contributed by atoms with Gasteiger partial charge in [0.15, 0.2) is 5.69 Å². The fourth-order valence-corrected chi connectivity index (χ4v) is 1.87. The Balaban J connectivity index is 2.12. The number of carbonyl (C=O) groups is 1. The van der Waals surface area contributed by atoms with Gasteiger partial charge in [-0.15, -0.1) is 0 Å². The van der Waals surface area contributed by atoms with Crippen LogP contribution in [-0.4, -0.2) is 15.7 Å². The molecule has 0 aliphatic carbocycles. The second-order valence-corrected chi connectivity index (χ2v) is 4.81. The SMILES string of the molecule is Cn1cc(C(=O)NCc2ccc(Cl)cc2)c(C(F)(F)F)n1. The van der Waals surface area contributed by atoms with Gasteiger partial charge >= 0.3 is 6.18 Å². The van der Waals surface area contributed by atoms with Crippen LogP contribution in [0.5, 0.6) is 0 Å². The molecular formula is C13H11ClF3N3O. The van der Waals surface area contributed by atoms with Gasteiger partial charge in [-0.05, 0) is 17.7 Å². The molecule has 0 unspecified atom stereocenters. The summed E-state index contributed by atoms with van der Waals surface area (Å²) in [5.74, 6) is -0.828. The van der Waals surface area contributed by atoms with Gasteiger partial charge in [-0.25, -0.2) is 0 Å². The average molecular weight is 318 g/mol. The van der Waals surface area contributed by atoms with E-state index in [1.807, 2.05) is 0 Å². The molecular weight excluding hydrogens is 307 g/mol. The summed E-state index contributed by atoms with van der Waals surface area (Å²) < 4.78 is 39.2. The molecule has 1 N–H and O–H groups in total. The first-order valence-electron chi connectivity index (χ1n) is 5.91. The molecule has 0 aliphatic heterocycles. The van der Waals surface area contributed by atoms with Crippen LogP contribution >= 0.6 is 11.6 Å². The number of halogens is 4. The first kappa shape index (κ1) is 15.4. The zero-order valence-electron chi connectivity index (χ0n) is 10.9. The topological polar surface area (TPSA) is 46.9 Å². The maximum absolute atomic E-state index is 12.8. The lowest BCUT2D eigenvalue weighted by Crippen LogP contribution is -2.25. The normalized spacial score (nSPS) is 11.5. The number of aromatic nitrogens is 2. The molecule has 0 spiro atoms. The van der Waals surface area contributed by atoms with Gasteiger partial charge in [0.05, 0.1) is 5.56 Å². The molecule has 0 aliphatic rings. The van der Waals surface area contributed by atoms with Gasteiger partial charge in [-0.2, -0.15) is 18.3 Å². The van der Waals surface area contributed by atoms with E-state index in [4.69, 9.17) is 11.6 Å². The summed E-state index contributed by atoms with van der Waals surface area (Å²) in [6.45, 7) is 0.0994. The van der Waals surface area contributed by atoms with Gasteiger partial charge in [0.2, 0.25) is 0 Å². The maximum atomic E-state index is 12.8. The Bertz CT molecular complexity index is 650. The number of carbonyl (C=O) groups excluding carboxylic acids is 1. The third-order valence-corrected chi connectivity index (χ3v) is 2.96. The van der Waals surface area contributed by atoms with Crippen molar-refractivity contribution in [1.29, 1.82) is 0 Å². The molecule has 1 heterocycles. The van der Waals surface area contributed by atoms with E-state index in [9.17, 15) is 18.0 Å². The molecule has 0 saturated carbocycles. The zero-order valence-corrected chi connectivity index (χ0v) is 11.7. The molecule has 8 heteroatoms. The van der Waals surface area contributed by atoms with Crippen molar-refractivity contribution in [2.24, 2.45) is 7.05 Å². The minimum atomic E-state index is -4.67. The van der Waals surface area contributed by atoms with Gasteiger partial charge in [-0.3, -0.25) is 9.48 Å². The summed E-state index contributed by atoms with van der Waals surface area (Å²) in [5, 5.41) is 6.25. The lowest BCUT2D eigenvalue weighted by Gasteiger charge is -2.07. The third-order valence-electron chi connectivity index (χ3n) is 2.71.